The first-order valence-electron chi connectivity index (χ1n) is 5.73. The molecule has 7 heteroatoms. The van der Waals surface area contributed by atoms with Gasteiger partial charge in [-0.05, 0) is 29.3 Å². The van der Waals surface area contributed by atoms with Gasteiger partial charge in [0.15, 0.2) is 17.0 Å². The summed E-state index contributed by atoms with van der Waals surface area (Å²) >= 11 is 5.92. The van der Waals surface area contributed by atoms with Crippen molar-refractivity contribution in [1.82, 2.24) is 24.5 Å². The maximum absolute atomic E-state index is 5.92. The van der Waals surface area contributed by atoms with Gasteiger partial charge < -0.3 is 9.88 Å². The number of rotatable bonds is 3. The fraction of sp³-hybridized carbons (Fsp3) is 0.167. The van der Waals surface area contributed by atoms with Crippen molar-refractivity contribution in [3.8, 4) is 0 Å². The molecule has 96 valence electrons. The van der Waals surface area contributed by atoms with E-state index in [1.807, 2.05) is 16.7 Å². The molecule has 0 atom stereocenters. The minimum atomic E-state index is 0.202. The van der Waals surface area contributed by atoms with Gasteiger partial charge in [0, 0.05) is 19.4 Å². The minimum absolute atomic E-state index is 0.202. The van der Waals surface area contributed by atoms with Crippen molar-refractivity contribution in [1.29, 1.82) is 0 Å². The average Bonchev–Trinajstić information content (AvgIpc) is 2.82. The Hall–Kier alpha value is -2.21. The molecule has 0 spiro atoms. The van der Waals surface area contributed by atoms with E-state index in [0.717, 1.165) is 5.56 Å². The minimum Gasteiger partial charge on any atom is -0.371 e. The van der Waals surface area contributed by atoms with E-state index < -0.39 is 0 Å². The van der Waals surface area contributed by atoms with Gasteiger partial charge in [-0.25, -0.2) is 4.98 Å². The molecule has 19 heavy (non-hydrogen) atoms. The van der Waals surface area contributed by atoms with E-state index in [-0.39, 0.29) is 5.28 Å². The summed E-state index contributed by atoms with van der Waals surface area (Å²) in [6.07, 6.45) is 5.25. The second-order valence-corrected chi connectivity index (χ2v) is 4.33. The number of hydrogen-bond donors (Lipinski definition) is 1. The standard InChI is InChI=1S/C12H11ClN6/c1-14-10-9-11(18-12(13)17-10)19(7-16-9)6-8-2-4-15-5-3-8/h2-5,7H,6H2,1H3,(H,14,17,18). The second kappa shape index (κ2) is 4.81. The van der Waals surface area contributed by atoms with E-state index in [1.54, 1.807) is 25.8 Å². The number of pyridine rings is 1. The smallest absolute Gasteiger partial charge is 0.226 e. The van der Waals surface area contributed by atoms with Crippen LogP contribution < -0.4 is 5.32 Å². The van der Waals surface area contributed by atoms with Crippen LogP contribution in [0.25, 0.3) is 11.2 Å². The lowest BCUT2D eigenvalue weighted by Gasteiger charge is -2.05. The first-order valence-corrected chi connectivity index (χ1v) is 6.11. The number of fused-ring (bicyclic) bond motifs is 1. The SMILES string of the molecule is CNc1nc(Cl)nc2c1ncn2Cc1ccncc1. The number of aromatic nitrogens is 5. The van der Waals surface area contributed by atoms with E-state index in [9.17, 15) is 0 Å². The normalized spacial score (nSPS) is 10.8. The van der Waals surface area contributed by atoms with Crippen LogP contribution in [0.4, 0.5) is 5.82 Å². The summed E-state index contributed by atoms with van der Waals surface area (Å²) in [6.45, 7) is 0.662. The number of halogens is 1. The molecule has 0 radical (unpaired) electrons. The molecule has 0 aliphatic heterocycles. The van der Waals surface area contributed by atoms with Crippen molar-refractivity contribution in [2.75, 3.05) is 12.4 Å². The Morgan fingerprint density at radius 1 is 1.26 bits per heavy atom. The third kappa shape index (κ3) is 2.22. The first kappa shape index (κ1) is 11.9. The Labute approximate surface area is 114 Å². The van der Waals surface area contributed by atoms with Crippen LogP contribution in [0.2, 0.25) is 5.28 Å². The molecule has 3 aromatic heterocycles. The Morgan fingerprint density at radius 2 is 2.05 bits per heavy atom. The average molecular weight is 275 g/mol. The number of nitrogens with one attached hydrogen (secondary N) is 1. The van der Waals surface area contributed by atoms with Gasteiger partial charge in [-0.3, -0.25) is 4.98 Å². The predicted octanol–water partition coefficient (Wildman–Crippen LogP) is 1.96. The zero-order valence-electron chi connectivity index (χ0n) is 10.2. The van der Waals surface area contributed by atoms with Crippen LogP contribution in [0.5, 0.6) is 0 Å². The molecular formula is C12H11ClN6. The molecule has 3 rings (SSSR count). The molecule has 0 aliphatic rings. The number of hydrogen-bond acceptors (Lipinski definition) is 5. The van der Waals surface area contributed by atoms with Gasteiger partial charge in [0.25, 0.3) is 0 Å². The molecule has 6 nitrogen and oxygen atoms in total. The van der Waals surface area contributed by atoms with Crippen LogP contribution in [0.1, 0.15) is 5.56 Å². The topological polar surface area (TPSA) is 68.5 Å². The van der Waals surface area contributed by atoms with E-state index >= 15 is 0 Å². The molecule has 0 saturated heterocycles. The molecule has 0 fully saturated rings. The summed E-state index contributed by atoms with van der Waals surface area (Å²) in [5.74, 6) is 0.628. The third-order valence-corrected chi connectivity index (χ3v) is 2.94. The second-order valence-electron chi connectivity index (χ2n) is 3.99. The lowest BCUT2D eigenvalue weighted by Crippen LogP contribution is -2.01. The lowest BCUT2D eigenvalue weighted by molar-refractivity contribution is 0.811. The Balaban J connectivity index is 2.08. The van der Waals surface area contributed by atoms with Crippen molar-refractivity contribution in [3.63, 3.8) is 0 Å². The summed E-state index contributed by atoms with van der Waals surface area (Å²) in [7, 11) is 1.78. The summed E-state index contributed by atoms with van der Waals surface area (Å²) < 4.78 is 1.93. The van der Waals surface area contributed by atoms with Crippen molar-refractivity contribution < 1.29 is 0 Å². The zero-order valence-corrected chi connectivity index (χ0v) is 11.0. The maximum Gasteiger partial charge on any atom is 0.226 e. The van der Waals surface area contributed by atoms with E-state index in [2.05, 4.69) is 25.3 Å². The summed E-state index contributed by atoms with van der Waals surface area (Å²) in [5.41, 5.74) is 2.54. The summed E-state index contributed by atoms with van der Waals surface area (Å²) in [5, 5.41) is 3.17. The van der Waals surface area contributed by atoms with Crippen molar-refractivity contribution in [2.45, 2.75) is 6.54 Å². The van der Waals surface area contributed by atoms with Gasteiger partial charge in [-0.15, -0.1) is 0 Å². The molecule has 0 amide bonds. The van der Waals surface area contributed by atoms with Crippen LogP contribution in [-0.4, -0.2) is 31.6 Å². The molecule has 0 aliphatic carbocycles. The van der Waals surface area contributed by atoms with Crippen molar-refractivity contribution in [3.05, 3.63) is 41.7 Å². The molecule has 0 saturated carbocycles. The summed E-state index contributed by atoms with van der Waals surface area (Å²) in [6, 6.07) is 3.90. The molecule has 3 heterocycles. The van der Waals surface area contributed by atoms with Crippen molar-refractivity contribution >= 4 is 28.6 Å². The van der Waals surface area contributed by atoms with Crippen LogP contribution >= 0.6 is 11.6 Å². The molecule has 1 N–H and O–H groups in total. The van der Waals surface area contributed by atoms with Crippen LogP contribution in [-0.2, 0) is 6.54 Å². The summed E-state index contributed by atoms with van der Waals surface area (Å²) in [4.78, 5) is 16.7. The molecule has 3 aromatic rings. The largest absolute Gasteiger partial charge is 0.371 e. The van der Waals surface area contributed by atoms with Gasteiger partial charge in [0.1, 0.15) is 0 Å². The van der Waals surface area contributed by atoms with E-state index in [1.165, 1.54) is 0 Å². The Bertz CT molecular complexity index is 709. The highest BCUT2D eigenvalue weighted by Crippen LogP contribution is 2.20. The lowest BCUT2D eigenvalue weighted by atomic mass is 10.3. The maximum atomic E-state index is 5.92. The monoisotopic (exact) mass is 274 g/mol. The Morgan fingerprint density at radius 3 is 2.79 bits per heavy atom. The molecular weight excluding hydrogens is 264 g/mol. The molecule has 0 aromatic carbocycles. The van der Waals surface area contributed by atoms with Gasteiger partial charge in [-0.2, -0.15) is 9.97 Å². The third-order valence-electron chi connectivity index (χ3n) is 2.78. The van der Waals surface area contributed by atoms with Crippen LogP contribution in [0, 0.1) is 0 Å². The van der Waals surface area contributed by atoms with Gasteiger partial charge in [-0.1, -0.05) is 0 Å². The molecule has 0 unspecified atom stereocenters. The fourth-order valence-corrected chi connectivity index (χ4v) is 2.06. The fourth-order valence-electron chi connectivity index (χ4n) is 1.89. The number of imidazole rings is 1. The highest BCUT2D eigenvalue weighted by Gasteiger charge is 2.11. The first-order chi connectivity index (χ1) is 9.28. The highest BCUT2D eigenvalue weighted by molar-refractivity contribution is 6.28. The van der Waals surface area contributed by atoms with Crippen LogP contribution in [0.15, 0.2) is 30.9 Å². The zero-order chi connectivity index (χ0) is 13.2. The van der Waals surface area contributed by atoms with Gasteiger partial charge in [0.2, 0.25) is 5.28 Å². The van der Waals surface area contributed by atoms with Gasteiger partial charge in [0.05, 0.1) is 12.9 Å². The van der Waals surface area contributed by atoms with Crippen molar-refractivity contribution in [2.24, 2.45) is 0 Å². The highest BCUT2D eigenvalue weighted by atomic mass is 35.5. The van der Waals surface area contributed by atoms with E-state index in [4.69, 9.17) is 11.6 Å². The van der Waals surface area contributed by atoms with Gasteiger partial charge >= 0.3 is 0 Å². The number of anilines is 1. The predicted molar refractivity (Wildman–Crippen MR) is 73.2 cm³/mol. The Kier molecular flexibility index (Phi) is 3.00. The number of nitrogens with zero attached hydrogens (tertiary/aromatic N) is 5. The van der Waals surface area contributed by atoms with E-state index in [0.29, 0.717) is 23.5 Å². The van der Waals surface area contributed by atoms with Crippen LogP contribution in [0.3, 0.4) is 0 Å². The molecule has 0 bridgehead atoms. The quantitative estimate of drug-likeness (QED) is 0.740.